The van der Waals surface area contributed by atoms with Crippen molar-refractivity contribution in [2.45, 2.75) is 0 Å². The molecule has 0 fully saturated rings. The summed E-state index contributed by atoms with van der Waals surface area (Å²) in [7, 11) is 0. The van der Waals surface area contributed by atoms with Gasteiger partial charge in [-0.25, -0.2) is 27.2 Å². The van der Waals surface area contributed by atoms with Crippen molar-refractivity contribution in [3.05, 3.63) is 70.8 Å². The van der Waals surface area contributed by atoms with Gasteiger partial charge in [0.1, 0.15) is 23.3 Å². The van der Waals surface area contributed by atoms with E-state index in [1.54, 1.807) is 0 Å². The second-order valence-corrected chi connectivity index (χ2v) is 3.93. The summed E-state index contributed by atoms with van der Waals surface area (Å²) in [5, 5.41) is 0. The molecule has 0 aromatic heterocycles. The maximum absolute atomic E-state index is 13.3. The first-order valence-corrected chi connectivity index (χ1v) is 5.55. The SMILES string of the molecule is O=C(OC(=O)c1cc(F)ccc1F)c1cc(F)ccc1F. The van der Waals surface area contributed by atoms with Gasteiger partial charge in [-0.2, -0.15) is 0 Å². The van der Waals surface area contributed by atoms with Crippen LogP contribution in [0.15, 0.2) is 36.4 Å². The summed E-state index contributed by atoms with van der Waals surface area (Å²) < 4.78 is 56.6. The lowest BCUT2D eigenvalue weighted by atomic mass is 10.2. The monoisotopic (exact) mass is 298 g/mol. The average molecular weight is 298 g/mol. The highest BCUT2D eigenvalue weighted by molar-refractivity contribution is 6.02. The molecule has 2 rings (SSSR count). The van der Waals surface area contributed by atoms with E-state index in [2.05, 4.69) is 4.74 Å². The fraction of sp³-hybridized carbons (Fsp3) is 0. The number of halogens is 4. The Morgan fingerprint density at radius 2 is 1.10 bits per heavy atom. The molecular weight excluding hydrogens is 292 g/mol. The molecule has 0 bridgehead atoms. The molecule has 0 amide bonds. The summed E-state index contributed by atoms with van der Waals surface area (Å²) in [5.41, 5.74) is -1.67. The lowest BCUT2D eigenvalue weighted by Gasteiger charge is -2.05. The van der Waals surface area contributed by atoms with Crippen molar-refractivity contribution in [3.63, 3.8) is 0 Å². The summed E-state index contributed by atoms with van der Waals surface area (Å²) in [5.74, 6) is -7.11. The average Bonchev–Trinajstić information content (AvgIpc) is 2.43. The van der Waals surface area contributed by atoms with Crippen LogP contribution < -0.4 is 0 Å². The van der Waals surface area contributed by atoms with E-state index >= 15 is 0 Å². The Labute approximate surface area is 115 Å². The molecule has 0 spiro atoms. The Hall–Kier alpha value is -2.70. The van der Waals surface area contributed by atoms with Crippen LogP contribution in [0, 0.1) is 23.3 Å². The normalized spacial score (nSPS) is 10.3. The molecule has 0 saturated carbocycles. The third-order valence-corrected chi connectivity index (χ3v) is 2.48. The van der Waals surface area contributed by atoms with Crippen LogP contribution in [0.3, 0.4) is 0 Å². The minimum atomic E-state index is -1.51. The number of ether oxygens (including phenoxy) is 1. The summed E-state index contributed by atoms with van der Waals surface area (Å²) in [6.45, 7) is 0. The molecule has 0 aliphatic carbocycles. The number of hydrogen-bond acceptors (Lipinski definition) is 3. The van der Waals surface area contributed by atoms with Crippen LogP contribution in [0.25, 0.3) is 0 Å². The van der Waals surface area contributed by atoms with Crippen molar-refractivity contribution < 1.29 is 31.9 Å². The van der Waals surface area contributed by atoms with Crippen molar-refractivity contribution in [1.29, 1.82) is 0 Å². The van der Waals surface area contributed by atoms with Gasteiger partial charge in [0.15, 0.2) is 0 Å². The van der Waals surface area contributed by atoms with E-state index < -0.39 is 46.3 Å². The van der Waals surface area contributed by atoms with E-state index in [0.29, 0.717) is 24.3 Å². The first kappa shape index (κ1) is 14.7. The lowest BCUT2D eigenvalue weighted by Crippen LogP contribution is -2.15. The van der Waals surface area contributed by atoms with Crippen molar-refractivity contribution in [2.24, 2.45) is 0 Å². The van der Waals surface area contributed by atoms with Gasteiger partial charge in [0.05, 0.1) is 11.1 Å². The second kappa shape index (κ2) is 5.74. The van der Waals surface area contributed by atoms with Crippen LogP contribution in [0.2, 0.25) is 0 Å². The molecule has 2 aromatic carbocycles. The Morgan fingerprint density at radius 3 is 1.48 bits per heavy atom. The van der Waals surface area contributed by atoms with Gasteiger partial charge in [0, 0.05) is 0 Å². The van der Waals surface area contributed by atoms with Crippen molar-refractivity contribution in [3.8, 4) is 0 Å². The molecule has 0 aliphatic heterocycles. The zero-order valence-electron chi connectivity index (χ0n) is 10.2. The summed E-state index contributed by atoms with van der Waals surface area (Å²) in [6, 6.07) is 3.90. The molecule has 0 unspecified atom stereocenters. The Kier molecular flexibility index (Phi) is 4.02. The number of rotatable bonds is 2. The van der Waals surface area contributed by atoms with Crippen LogP contribution >= 0.6 is 0 Å². The van der Waals surface area contributed by atoms with E-state index in [-0.39, 0.29) is 0 Å². The Morgan fingerprint density at radius 1 is 0.714 bits per heavy atom. The maximum atomic E-state index is 13.3. The zero-order valence-corrected chi connectivity index (χ0v) is 10.2. The molecule has 0 N–H and O–H groups in total. The Bertz CT molecular complexity index is 667. The minimum absolute atomic E-state index is 0.521. The summed E-state index contributed by atoms with van der Waals surface area (Å²) >= 11 is 0. The highest BCUT2D eigenvalue weighted by atomic mass is 19.1. The van der Waals surface area contributed by atoms with Gasteiger partial charge in [0.25, 0.3) is 0 Å². The predicted octanol–water partition coefficient (Wildman–Crippen LogP) is 3.24. The predicted molar refractivity (Wildman–Crippen MR) is 62.5 cm³/mol. The number of carbonyl (C=O) groups is 2. The molecule has 0 radical (unpaired) electrons. The summed E-state index contributed by atoms with van der Waals surface area (Å²) in [6.07, 6.45) is 0. The maximum Gasteiger partial charge on any atom is 0.349 e. The molecule has 7 heteroatoms. The lowest BCUT2D eigenvalue weighted by molar-refractivity contribution is 0.0391. The number of benzene rings is 2. The van der Waals surface area contributed by atoms with Crippen LogP contribution in [0.1, 0.15) is 20.7 Å². The molecule has 0 aliphatic rings. The van der Waals surface area contributed by atoms with Gasteiger partial charge in [-0.3, -0.25) is 0 Å². The number of hydrogen-bond donors (Lipinski definition) is 0. The van der Waals surface area contributed by atoms with Crippen molar-refractivity contribution >= 4 is 11.9 Å². The molecule has 0 atom stereocenters. The third kappa shape index (κ3) is 3.25. The number of esters is 2. The fourth-order valence-electron chi connectivity index (χ4n) is 1.50. The van der Waals surface area contributed by atoms with Gasteiger partial charge >= 0.3 is 11.9 Å². The van der Waals surface area contributed by atoms with E-state index in [1.165, 1.54) is 0 Å². The zero-order chi connectivity index (χ0) is 15.6. The first-order valence-electron chi connectivity index (χ1n) is 5.55. The van der Waals surface area contributed by atoms with Gasteiger partial charge < -0.3 is 4.74 Å². The van der Waals surface area contributed by atoms with E-state index in [0.717, 1.165) is 12.1 Å². The van der Waals surface area contributed by atoms with Gasteiger partial charge in [0.2, 0.25) is 0 Å². The van der Waals surface area contributed by atoms with Gasteiger partial charge in [-0.05, 0) is 36.4 Å². The fourth-order valence-corrected chi connectivity index (χ4v) is 1.50. The first-order chi connectivity index (χ1) is 9.88. The largest absolute Gasteiger partial charge is 0.386 e. The minimum Gasteiger partial charge on any atom is -0.386 e. The van der Waals surface area contributed by atoms with E-state index in [1.807, 2.05) is 0 Å². The van der Waals surface area contributed by atoms with Crippen LogP contribution in [0.5, 0.6) is 0 Å². The third-order valence-electron chi connectivity index (χ3n) is 2.48. The Balaban J connectivity index is 2.25. The molecule has 0 heterocycles. The van der Waals surface area contributed by atoms with Crippen LogP contribution in [-0.2, 0) is 4.74 Å². The van der Waals surface area contributed by atoms with Gasteiger partial charge in [-0.1, -0.05) is 0 Å². The highest BCUT2D eigenvalue weighted by Crippen LogP contribution is 2.15. The van der Waals surface area contributed by atoms with E-state index in [4.69, 9.17) is 0 Å². The molecule has 0 saturated heterocycles. The smallest absolute Gasteiger partial charge is 0.349 e. The molecular formula is C14H6F4O3. The van der Waals surface area contributed by atoms with Crippen molar-refractivity contribution in [2.75, 3.05) is 0 Å². The second-order valence-electron chi connectivity index (χ2n) is 3.93. The molecule has 108 valence electrons. The molecule has 2 aromatic rings. The highest BCUT2D eigenvalue weighted by Gasteiger charge is 2.21. The molecule has 21 heavy (non-hydrogen) atoms. The number of carbonyl (C=O) groups excluding carboxylic acids is 2. The van der Waals surface area contributed by atoms with Crippen LogP contribution in [0.4, 0.5) is 17.6 Å². The molecule has 3 nitrogen and oxygen atoms in total. The van der Waals surface area contributed by atoms with Crippen LogP contribution in [-0.4, -0.2) is 11.9 Å². The summed E-state index contributed by atoms with van der Waals surface area (Å²) in [4.78, 5) is 23.1. The van der Waals surface area contributed by atoms with E-state index in [9.17, 15) is 27.2 Å². The quantitative estimate of drug-likeness (QED) is 0.485. The standard InChI is InChI=1S/C14H6F4O3/c15-7-1-3-11(17)9(5-7)13(19)21-14(20)10-6-8(16)2-4-12(10)18/h1-6H. The van der Waals surface area contributed by atoms with Gasteiger partial charge in [-0.15, -0.1) is 0 Å². The topological polar surface area (TPSA) is 43.4 Å². The van der Waals surface area contributed by atoms with Crippen molar-refractivity contribution in [1.82, 2.24) is 0 Å².